The van der Waals surface area contributed by atoms with Crippen LogP contribution in [0, 0.1) is 0 Å². The van der Waals surface area contributed by atoms with E-state index in [-0.39, 0.29) is 17.4 Å². The highest BCUT2D eigenvalue weighted by atomic mass is 19.4. The number of rotatable bonds is 4. The summed E-state index contributed by atoms with van der Waals surface area (Å²) in [6.07, 6.45) is -5.14. The largest absolute Gasteiger partial charge is 0.493 e. The van der Waals surface area contributed by atoms with E-state index in [1.54, 1.807) is 6.92 Å². The number of halogens is 3. The van der Waals surface area contributed by atoms with Gasteiger partial charge in [-0.2, -0.15) is 13.2 Å². The van der Waals surface area contributed by atoms with Gasteiger partial charge in [0, 0.05) is 0 Å². The molecule has 1 saturated heterocycles. The molecule has 12 heteroatoms. The summed E-state index contributed by atoms with van der Waals surface area (Å²) in [4.78, 5) is 41.3. The molecular formula is C9H12F3N5O4. The molecule has 3 amide bonds. The SMILES string of the molecule is CC[C@H](N=C(N)N)C1NC(=O)N(OC(=O)C(F)(F)F)C1=O. The average Bonchev–Trinajstić information content (AvgIpc) is 2.62. The van der Waals surface area contributed by atoms with E-state index in [1.165, 1.54) is 0 Å². The van der Waals surface area contributed by atoms with Crippen molar-refractivity contribution in [3.05, 3.63) is 0 Å². The van der Waals surface area contributed by atoms with Crippen molar-refractivity contribution in [2.45, 2.75) is 31.6 Å². The minimum Gasteiger partial charge on any atom is -0.370 e. The fraction of sp³-hybridized carbons (Fsp3) is 0.556. The lowest BCUT2D eigenvalue weighted by atomic mass is 10.1. The predicted octanol–water partition coefficient (Wildman–Crippen LogP) is -1.02. The standard InChI is InChI=1S/C9H12F3N5O4/c1-2-3(15-7(13)14)4-5(18)17(8(20)16-4)21-6(19)9(10,11)12/h3-4H,2H2,1H3,(H,16,20)(H4,13,14,15)/t3-,4?/m0/s1. The van der Waals surface area contributed by atoms with Gasteiger partial charge in [0.25, 0.3) is 5.91 Å². The number of hydrogen-bond acceptors (Lipinski definition) is 5. The smallest absolute Gasteiger partial charge is 0.370 e. The first-order valence-corrected chi connectivity index (χ1v) is 5.60. The number of nitrogens with zero attached hydrogens (tertiary/aromatic N) is 2. The molecule has 0 radical (unpaired) electrons. The number of carbonyl (C=O) groups excluding carboxylic acids is 3. The maximum Gasteiger partial charge on any atom is 0.493 e. The summed E-state index contributed by atoms with van der Waals surface area (Å²) in [6, 6.07) is -3.54. The Morgan fingerprint density at radius 3 is 2.48 bits per heavy atom. The topological polar surface area (TPSA) is 140 Å². The molecule has 21 heavy (non-hydrogen) atoms. The van der Waals surface area contributed by atoms with E-state index in [0.717, 1.165) is 0 Å². The third-order valence-electron chi connectivity index (χ3n) is 2.45. The third kappa shape index (κ3) is 3.73. The van der Waals surface area contributed by atoms with Gasteiger partial charge >= 0.3 is 18.2 Å². The van der Waals surface area contributed by atoms with Crippen LogP contribution in [0.2, 0.25) is 0 Å². The van der Waals surface area contributed by atoms with Crippen molar-refractivity contribution in [2.24, 2.45) is 16.5 Å². The first-order chi connectivity index (χ1) is 9.57. The number of nitrogens with one attached hydrogen (secondary N) is 1. The molecule has 0 aromatic carbocycles. The van der Waals surface area contributed by atoms with E-state index in [4.69, 9.17) is 11.5 Å². The van der Waals surface area contributed by atoms with Crippen molar-refractivity contribution in [1.29, 1.82) is 0 Å². The van der Waals surface area contributed by atoms with Gasteiger partial charge in [0.2, 0.25) is 0 Å². The Labute approximate surface area is 116 Å². The summed E-state index contributed by atoms with van der Waals surface area (Å²) < 4.78 is 36.2. The van der Waals surface area contributed by atoms with Crippen LogP contribution in [0.25, 0.3) is 0 Å². The monoisotopic (exact) mass is 311 g/mol. The molecule has 0 aromatic heterocycles. The molecule has 1 fully saturated rings. The van der Waals surface area contributed by atoms with Gasteiger partial charge in [-0.25, -0.2) is 14.6 Å². The molecule has 0 saturated carbocycles. The summed E-state index contributed by atoms with van der Waals surface area (Å²) in [6.45, 7) is 1.58. The van der Waals surface area contributed by atoms with Crippen molar-refractivity contribution < 1.29 is 32.4 Å². The molecule has 1 heterocycles. The lowest BCUT2D eigenvalue weighted by molar-refractivity contribution is -0.226. The minimum atomic E-state index is -5.34. The Balaban J connectivity index is 2.89. The van der Waals surface area contributed by atoms with Gasteiger partial charge in [-0.05, 0) is 6.42 Å². The number of hydrogen-bond donors (Lipinski definition) is 3. The molecule has 1 rings (SSSR count). The van der Waals surface area contributed by atoms with Crippen molar-refractivity contribution >= 4 is 23.9 Å². The van der Waals surface area contributed by atoms with Crippen molar-refractivity contribution in [3.8, 4) is 0 Å². The average molecular weight is 311 g/mol. The molecule has 0 aromatic rings. The fourth-order valence-electron chi connectivity index (χ4n) is 1.55. The fourth-order valence-corrected chi connectivity index (χ4v) is 1.55. The van der Waals surface area contributed by atoms with Gasteiger partial charge in [0.05, 0.1) is 6.04 Å². The number of imide groups is 1. The number of nitrogens with two attached hydrogens (primary N) is 2. The Kier molecular flexibility index (Phi) is 4.60. The second kappa shape index (κ2) is 5.85. The van der Waals surface area contributed by atoms with Crippen LogP contribution in [0.15, 0.2) is 4.99 Å². The van der Waals surface area contributed by atoms with Gasteiger partial charge < -0.3 is 21.6 Å². The summed E-state index contributed by atoms with van der Waals surface area (Å²) in [5, 5.41) is 1.74. The van der Waals surface area contributed by atoms with E-state index >= 15 is 0 Å². The number of alkyl halides is 3. The number of hydroxylamine groups is 2. The normalized spacial score (nSPS) is 20.0. The zero-order chi connectivity index (χ0) is 16.4. The van der Waals surface area contributed by atoms with Gasteiger partial charge in [-0.15, -0.1) is 0 Å². The minimum absolute atomic E-state index is 0.204. The van der Waals surface area contributed by atoms with E-state index in [1.807, 2.05) is 5.32 Å². The van der Waals surface area contributed by atoms with Gasteiger partial charge in [-0.1, -0.05) is 12.0 Å². The van der Waals surface area contributed by atoms with Crippen LogP contribution in [0.4, 0.5) is 18.0 Å². The first kappa shape index (κ1) is 16.5. The molecular weight excluding hydrogens is 299 g/mol. The van der Waals surface area contributed by atoms with Crippen LogP contribution >= 0.6 is 0 Å². The number of guanidine groups is 1. The van der Waals surface area contributed by atoms with Crippen LogP contribution in [0.5, 0.6) is 0 Å². The molecule has 0 aliphatic carbocycles. The molecule has 9 nitrogen and oxygen atoms in total. The van der Waals surface area contributed by atoms with E-state index in [2.05, 4.69) is 9.83 Å². The Morgan fingerprint density at radius 2 is 2.05 bits per heavy atom. The number of aliphatic imine (C=N–C) groups is 1. The van der Waals surface area contributed by atoms with E-state index < -0.39 is 36.2 Å². The van der Waals surface area contributed by atoms with Gasteiger partial charge in [0.1, 0.15) is 6.04 Å². The Bertz CT molecular complexity index is 488. The molecule has 0 bridgehead atoms. The number of urea groups is 1. The van der Waals surface area contributed by atoms with Crippen LogP contribution in [-0.2, 0) is 14.4 Å². The summed E-state index contributed by atoms with van der Waals surface area (Å²) in [7, 11) is 0. The third-order valence-corrected chi connectivity index (χ3v) is 2.45. The summed E-state index contributed by atoms with van der Waals surface area (Å²) in [5.74, 6) is -4.26. The molecule has 5 N–H and O–H groups in total. The number of amides is 3. The Hall–Kier alpha value is -2.53. The maximum absolute atomic E-state index is 12.1. The summed E-state index contributed by atoms with van der Waals surface area (Å²) in [5.41, 5.74) is 10.3. The van der Waals surface area contributed by atoms with Crippen LogP contribution in [0.3, 0.4) is 0 Å². The highest BCUT2D eigenvalue weighted by molar-refractivity contribution is 6.04. The van der Waals surface area contributed by atoms with Crippen LogP contribution in [-0.4, -0.2) is 47.2 Å². The zero-order valence-corrected chi connectivity index (χ0v) is 10.7. The lowest BCUT2D eigenvalue weighted by Crippen LogP contribution is -2.42. The molecule has 1 aliphatic rings. The molecule has 118 valence electrons. The predicted molar refractivity (Wildman–Crippen MR) is 61.2 cm³/mol. The second-order valence-electron chi connectivity index (χ2n) is 3.97. The van der Waals surface area contributed by atoms with Gasteiger partial charge in [0.15, 0.2) is 5.96 Å². The van der Waals surface area contributed by atoms with E-state index in [0.29, 0.717) is 0 Å². The first-order valence-electron chi connectivity index (χ1n) is 5.60. The lowest BCUT2D eigenvalue weighted by Gasteiger charge is -2.16. The van der Waals surface area contributed by atoms with Crippen molar-refractivity contribution in [1.82, 2.24) is 10.4 Å². The molecule has 0 spiro atoms. The molecule has 1 unspecified atom stereocenters. The van der Waals surface area contributed by atoms with Crippen LogP contribution < -0.4 is 16.8 Å². The second-order valence-corrected chi connectivity index (χ2v) is 3.97. The van der Waals surface area contributed by atoms with Crippen molar-refractivity contribution in [3.63, 3.8) is 0 Å². The zero-order valence-electron chi connectivity index (χ0n) is 10.7. The highest BCUT2D eigenvalue weighted by Crippen LogP contribution is 2.20. The molecule has 2 atom stereocenters. The molecule has 1 aliphatic heterocycles. The van der Waals surface area contributed by atoms with Gasteiger partial charge in [-0.3, -0.25) is 4.79 Å². The Morgan fingerprint density at radius 1 is 1.48 bits per heavy atom. The van der Waals surface area contributed by atoms with Crippen molar-refractivity contribution in [2.75, 3.05) is 0 Å². The van der Waals surface area contributed by atoms with Crippen LogP contribution in [0.1, 0.15) is 13.3 Å². The maximum atomic E-state index is 12.1. The van der Waals surface area contributed by atoms with E-state index in [9.17, 15) is 27.6 Å². The highest BCUT2D eigenvalue weighted by Gasteiger charge is 2.49. The quantitative estimate of drug-likeness (QED) is 0.345. The summed E-state index contributed by atoms with van der Waals surface area (Å²) >= 11 is 0. The number of carbonyl (C=O) groups is 3.